The first-order valence-corrected chi connectivity index (χ1v) is 6.14. The average molecular weight is 238 g/mol. The van der Waals surface area contributed by atoms with E-state index in [0.29, 0.717) is 6.42 Å². The van der Waals surface area contributed by atoms with Gasteiger partial charge in [0.05, 0.1) is 6.42 Å². The Kier molecular flexibility index (Phi) is 2.85. The lowest BCUT2D eigenvalue weighted by molar-refractivity contribution is -0.141. The summed E-state index contributed by atoms with van der Waals surface area (Å²) in [6, 6.07) is 20.0. The van der Waals surface area contributed by atoms with Crippen molar-refractivity contribution in [3.05, 3.63) is 71.8 Å². The topological polar surface area (TPSA) is 26.3 Å². The summed E-state index contributed by atoms with van der Waals surface area (Å²) >= 11 is 0. The number of carbonyl (C=O) groups is 1. The van der Waals surface area contributed by atoms with Gasteiger partial charge in [-0.2, -0.15) is 0 Å². The molecule has 0 radical (unpaired) electrons. The Morgan fingerprint density at radius 2 is 1.39 bits per heavy atom. The van der Waals surface area contributed by atoms with Crippen molar-refractivity contribution in [2.24, 2.45) is 0 Å². The Labute approximate surface area is 106 Å². The Hall–Kier alpha value is -2.09. The van der Waals surface area contributed by atoms with E-state index in [1.165, 1.54) is 0 Å². The highest BCUT2D eigenvalue weighted by Gasteiger charge is 2.36. The highest BCUT2D eigenvalue weighted by molar-refractivity contribution is 5.74. The van der Waals surface area contributed by atoms with Gasteiger partial charge in [0.15, 0.2) is 0 Å². The van der Waals surface area contributed by atoms with E-state index in [-0.39, 0.29) is 18.0 Å². The summed E-state index contributed by atoms with van der Waals surface area (Å²) < 4.78 is 5.48. The SMILES string of the molecule is O=C1C[C@@H](c2ccccc2)[C@H](c2ccccc2)O1. The molecule has 2 aromatic rings. The molecule has 1 aliphatic rings. The number of hydrogen-bond donors (Lipinski definition) is 0. The first-order chi connectivity index (χ1) is 8.84. The minimum absolute atomic E-state index is 0.113. The first kappa shape index (κ1) is 11.0. The smallest absolute Gasteiger partial charge is 0.307 e. The predicted octanol–water partition coefficient (Wildman–Crippen LogP) is 3.46. The van der Waals surface area contributed by atoms with Gasteiger partial charge in [-0.15, -0.1) is 0 Å². The fraction of sp³-hybridized carbons (Fsp3) is 0.188. The number of rotatable bonds is 2. The first-order valence-electron chi connectivity index (χ1n) is 6.14. The van der Waals surface area contributed by atoms with Gasteiger partial charge in [0.25, 0.3) is 0 Å². The van der Waals surface area contributed by atoms with Crippen LogP contribution in [0.3, 0.4) is 0 Å². The Bertz CT molecular complexity index is 484. The number of esters is 1. The number of carbonyl (C=O) groups excluding carboxylic acids is 1. The summed E-state index contributed by atoms with van der Waals surface area (Å²) in [4.78, 5) is 11.6. The van der Waals surface area contributed by atoms with Gasteiger partial charge in [0.2, 0.25) is 0 Å². The summed E-state index contributed by atoms with van der Waals surface area (Å²) in [7, 11) is 0. The van der Waals surface area contributed by atoms with Crippen LogP contribution in [-0.2, 0) is 9.53 Å². The molecule has 0 saturated carbocycles. The molecule has 90 valence electrons. The van der Waals surface area contributed by atoms with E-state index < -0.39 is 0 Å². The van der Waals surface area contributed by atoms with E-state index in [0.717, 1.165) is 11.1 Å². The standard InChI is InChI=1S/C16H14O2/c17-15-11-14(12-7-3-1-4-8-12)16(18-15)13-9-5-2-6-10-13/h1-10,14,16H,11H2/t14-,16-/m0/s1. The molecule has 0 aromatic heterocycles. The molecule has 0 unspecified atom stereocenters. The van der Waals surface area contributed by atoms with Crippen molar-refractivity contribution in [1.29, 1.82) is 0 Å². The zero-order chi connectivity index (χ0) is 12.4. The second-order valence-electron chi connectivity index (χ2n) is 4.54. The number of hydrogen-bond acceptors (Lipinski definition) is 2. The summed E-state index contributed by atoms with van der Waals surface area (Å²) in [6.07, 6.45) is 0.310. The summed E-state index contributed by atoms with van der Waals surface area (Å²) in [5.74, 6) is 0.0128. The van der Waals surface area contributed by atoms with Crippen LogP contribution in [0.15, 0.2) is 60.7 Å². The van der Waals surface area contributed by atoms with E-state index in [4.69, 9.17) is 4.74 Å². The zero-order valence-corrected chi connectivity index (χ0v) is 9.95. The number of benzene rings is 2. The maximum absolute atomic E-state index is 11.6. The zero-order valence-electron chi connectivity index (χ0n) is 9.95. The fourth-order valence-corrected chi connectivity index (χ4v) is 2.49. The normalized spacial score (nSPS) is 22.8. The summed E-state index contributed by atoms with van der Waals surface area (Å²) in [5, 5.41) is 0. The molecular weight excluding hydrogens is 224 g/mol. The van der Waals surface area contributed by atoms with Crippen molar-refractivity contribution in [2.75, 3.05) is 0 Å². The molecule has 1 aliphatic heterocycles. The van der Waals surface area contributed by atoms with Crippen molar-refractivity contribution in [3.8, 4) is 0 Å². The van der Waals surface area contributed by atoms with Crippen LogP contribution < -0.4 is 0 Å². The Morgan fingerprint density at radius 1 is 0.833 bits per heavy atom. The molecule has 3 rings (SSSR count). The van der Waals surface area contributed by atoms with Gasteiger partial charge in [-0.25, -0.2) is 0 Å². The van der Waals surface area contributed by atoms with Crippen molar-refractivity contribution in [2.45, 2.75) is 18.4 Å². The van der Waals surface area contributed by atoms with Crippen molar-refractivity contribution < 1.29 is 9.53 Å². The molecule has 1 saturated heterocycles. The molecule has 0 N–H and O–H groups in total. The maximum atomic E-state index is 11.6. The van der Waals surface area contributed by atoms with Crippen LogP contribution in [0.4, 0.5) is 0 Å². The molecule has 2 atom stereocenters. The molecule has 2 aromatic carbocycles. The van der Waals surface area contributed by atoms with E-state index in [9.17, 15) is 4.79 Å². The molecule has 18 heavy (non-hydrogen) atoms. The van der Waals surface area contributed by atoms with Gasteiger partial charge in [-0.05, 0) is 11.1 Å². The fourth-order valence-electron chi connectivity index (χ4n) is 2.49. The van der Waals surface area contributed by atoms with Gasteiger partial charge in [-0.1, -0.05) is 60.7 Å². The van der Waals surface area contributed by atoms with E-state index in [2.05, 4.69) is 12.1 Å². The van der Waals surface area contributed by atoms with E-state index in [1.54, 1.807) is 0 Å². The molecule has 0 spiro atoms. The molecule has 0 amide bonds. The van der Waals surface area contributed by atoms with Crippen LogP contribution in [0.5, 0.6) is 0 Å². The summed E-state index contributed by atoms with van der Waals surface area (Å²) in [5.41, 5.74) is 2.23. The molecule has 0 aliphatic carbocycles. The molecule has 1 fully saturated rings. The second kappa shape index (κ2) is 4.65. The van der Waals surface area contributed by atoms with Crippen LogP contribution in [0.1, 0.15) is 29.6 Å². The maximum Gasteiger partial charge on any atom is 0.307 e. The summed E-state index contributed by atoms with van der Waals surface area (Å²) in [6.45, 7) is 0. The van der Waals surface area contributed by atoms with Crippen LogP contribution in [0.25, 0.3) is 0 Å². The van der Waals surface area contributed by atoms with Gasteiger partial charge in [0, 0.05) is 5.92 Å². The van der Waals surface area contributed by atoms with E-state index >= 15 is 0 Å². The van der Waals surface area contributed by atoms with Crippen molar-refractivity contribution in [1.82, 2.24) is 0 Å². The quantitative estimate of drug-likeness (QED) is 0.749. The van der Waals surface area contributed by atoms with Crippen LogP contribution >= 0.6 is 0 Å². The lowest BCUT2D eigenvalue weighted by Gasteiger charge is -2.18. The lowest BCUT2D eigenvalue weighted by Crippen LogP contribution is -2.05. The van der Waals surface area contributed by atoms with Gasteiger partial charge < -0.3 is 4.74 Å². The van der Waals surface area contributed by atoms with Crippen LogP contribution in [0.2, 0.25) is 0 Å². The molecule has 2 nitrogen and oxygen atoms in total. The van der Waals surface area contributed by atoms with E-state index in [1.807, 2.05) is 48.5 Å². The molecule has 2 heteroatoms. The lowest BCUT2D eigenvalue weighted by atomic mass is 9.89. The largest absolute Gasteiger partial charge is 0.457 e. The molecule has 1 heterocycles. The molecular formula is C16H14O2. The Balaban J connectivity index is 1.96. The highest BCUT2D eigenvalue weighted by atomic mass is 16.5. The second-order valence-corrected chi connectivity index (χ2v) is 4.54. The highest BCUT2D eigenvalue weighted by Crippen LogP contribution is 2.41. The Morgan fingerprint density at radius 3 is 2.00 bits per heavy atom. The van der Waals surface area contributed by atoms with Crippen molar-refractivity contribution in [3.63, 3.8) is 0 Å². The van der Waals surface area contributed by atoms with Crippen LogP contribution in [-0.4, -0.2) is 5.97 Å². The third-order valence-electron chi connectivity index (χ3n) is 3.37. The minimum Gasteiger partial charge on any atom is -0.457 e. The molecule has 0 bridgehead atoms. The minimum atomic E-state index is -0.152. The number of ether oxygens (including phenoxy) is 1. The van der Waals surface area contributed by atoms with Crippen molar-refractivity contribution >= 4 is 5.97 Å². The average Bonchev–Trinajstić information content (AvgIpc) is 2.83. The predicted molar refractivity (Wildman–Crippen MR) is 69.1 cm³/mol. The third kappa shape index (κ3) is 2.02. The van der Waals surface area contributed by atoms with Gasteiger partial charge in [0.1, 0.15) is 6.10 Å². The monoisotopic (exact) mass is 238 g/mol. The number of cyclic esters (lactones) is 1. The van der Waals surface area contributed by atoms with Crippen LogP contribution in [0, 0.1) is 0 Å². The van der Waals surface area contributed by atoms with Gasteiger partial charge >= 0.3 is 5.97 Å². The third-order valence-corrected chi connectivity index (χ3v) is 3.37. The van der Waals surface area contributed by atoms with Gasteiger partial charge in [-0.3, -0.25) is 4.79 Å².